The third-order valence-corrected chi connectivity index (χ3v) is 4.33. The zero-order valence-electron chi connectivity index (χ0n) is 11.7. The molecule has 6 heteroatoms. The highest BCUT2D eigenvalue weighted by molar-refractivity contribution is 7.90. The molecule has 0 bridgehead atoms. The number of hydrogen-bond acceptors (Lipinski definition) is 5. The number of rotatable bonds is 7. The van der Waals surface area contributed by atoms with Gasteiger partial charge in [0.2, 0.25) is 0 Å². The number of sulfone groups is 1. The van der Waals surface area contributed by atoms with Crippen molar-refractivity contribution in [3.05, 3.63) is 0 Å². The Bertz CT molecular complexity index is 332. The van der Waals surface area contributed by atoms with E-state index in [0.29, 0.717) is 6.54 Å². The molecule has 1 aliphatic rings. The smallest absolute Gasteiger partial charge is 0.148 e. The molecule has 0 aromatic rings. The van der Waals surface area contributed by atoms with E-state index in [1.165, 1.54) is 6.26 Å². The standard InChI is InChI=1S/C12H26N2O3S/c1-13-9-12(5-4-7-17-11-12)10-14(2)6-8-18(3,15)16/h13H,4-11H2,1-3H3. The Labute approximate surface area is 111 Å². The molecule has 1 aliphatic heterocycles. The van der Waals surface area contributed by atoms with E-state index < -0.39 is 9.84 Å². The molecule has 1 unspecified atom stereocenters. The van der Waals surface area contributed by atoms with Crippen LogP contribution in [-0.2, 0) is 14.6 Å². The van der Waals surface area contributed by atoms with E-state index >= 15 is 0 Å². The van der Waals surface area contributed by atoms with Gasteiger partial charge in [-0.2, -0.15) is 0 Å². The van der Waals surface area contributed by atoms with Crippen molar-refractivity contribution in [2.24, 2.45) is 5.41 Å². The monoisotopic (exact) mass is 278 g/mol. The largest absolute Gasteiger partial charge is 0.381 e. The Balaban J connectivity index is 2.49. The first-order valence-electron chi connectivity index (χ1n) is 6.46. The highest BCUT2D eigenvalue weighted by Crippen LogP contribution is 2.28. The summed E-state index contributed by atoms with van der Waals surface area (Å²) in [6, 6.07) is 0. The van der Waals surface area contributed by atoms with Gasteiger partial charge < -0.3 is 15.0 Å². The van der Waals surface area contributed by atoms with Crippen LogP contribution >= 0.6 is 0 Å². The van der Waals surface area contributed by atoms with Crippen LogP contribution in [0.15, 0.2) is 0 Å². The van der Waals surface area contributed by atoms with E-state index in [0.717, 1.165) is 39.1 Å². The van der Waals surface area contributed by atoms with Crippen molar-refractivity contribution < 1.29 is 13.2 Å². The van der Waals surface area contributed by atoms with Crippen LogP contribution in [0.1, 0.15) is 12.8 Å². The minimum absolute atomic E-state index is 0.124. The lowest BCUT2D eigenvalue weighted by Crippen LogP contribution is -2.48. The summed E-state index contributed by atoms with van der Waals surface area (Å²) in [7, 11) is 1.05. The van der Waals surface area contributed by atoms with E-state index in [1.807, 2.05) is 14.1 Å². The first-order valence-corrected chi connectivity index (χ1v) is 8.52. The molecule has 108 valence electrons. The fraction of sp³-hybridized carbons (Fsp3) is 1.00. The van der Waals surface area contributed by atoms with Crippen LogP contribution in [0.3, 0.4) is 0 Å². The molecule has 1 rings (SSSR count). The molecule has 1 atom stereocenters. The highest BCUT2D eigenvalue weighted by atomic mass is 32.2. The maximum Gasteiger partial charge on any atom is 0.148 e. The fourth-order valence-corrected chi connectivity index (χ4v) is 3.22. The van der Waals surface area contributed by atoms with Gasteiger partial charge in [-0.15, -0.1) is 0 Å². The molecule has 0 radical (unpaired) electrons. The van der Waals surface area contributed by atoms with Crippen molar-refractivity contribution in [1.29, 1.82) is 0 Å². The summed E-state index contributed by atoms with van der Waals surface area (Å²) in [4.78, 5) is 2.10. The molecular formula is C12H26N2O3S. The maximum atomic E-state index is 11.2. The predicted molar refractivity (Wildman–Crippen MR) is 73.6 cm³/mol. The van der Waals surface area contributed by atoms with Crippen LogP contribution in [0.5, 0.6) is 0 Å². The van der Waals surface area contributed by atoms with Crippen LogP contribution in [0.2, 0.25) is 0 Å². The van der Waals surface area contributed by atoms with Gasteiger partial charge in [0.05, 0.1) is 12.4 Å². The molecule has 0 aromatic heterocycles. The van der Waals surface area contributed by atoms with Crippen molar-refractivity contribution in [2.45, 2.75) is 12.8 Å². The van der Waals surface area contributed by atoms with Crippen LogP contribution in [0, 0.1) is 5.41 Å². The SMILES string of the molecule is CNCC1(CN(C)CCS(C)(=O)=O)CCCOC1. The fourth-order valence-electron chi connectivity index (χ4n) is 2.58. The van der Waals surface area contributed by atoms with Gasteiger partial charge in [-0.05, 0) is 26.9 Å². The second-order valence-corrected chi connectivity index (χ2v) is 7.81. The Morgan fingerprint density at radius 3 is 2.67 bits per heavy atom. The summed E-state index contributed by atoms with van der Waals surface area (Å²) < 4.78 is 27.9. The molecule has 0 amide bonds. The molecule has 0 aromatic carbocycles. The lowest BCUT2D eigenvalue weighted by Gasteiger charge is -2.39. The Kier molecular flexibility index (Phi) is 6.04. The molecule has 1 heterocycles. The normalized spacial score (nSPS) is 25.6. The summed E-state index contributed by atoms with van der Waals surface area (Å²) in [5.74, 6) is 0.222. The molecule has 5 nitrogen and oxygen atoms in total. The average molecular weight is 278 g/mol. The molecule has 1 N–H and O–H groups in total. The lowest BCUT2D eigenvalue weighted by molar-refractivity contribution is -0.0210. The minimum Gasteiger partial charge on any atom is -0.381 e. The molecule has 1 saturated heterocycles. The van der Waals surface area contributed by atoms with E-state index in [9.17, 15) is 8.42 Å². The summed E-state index contributed by atoms with van der Waals surface area (Å²) in [5.41, 5.74) is 0.124. The molecule has 0 aliphatic carbocycles. The summed E-state index contributed by atoms with van der Waals surface area (Å²) in [6.07, 6.45) is 3.51. The van der Waals surface area contributed by atoms with E-state index in [1.54, 1.807) is 0 Å². The van der Waals surface area contributed by atoms with E-state index in [-0.39, 0.29) is 11.2 Å². The van der Waals surface area contributed by atoms with Crippen LogP contribution in [0.25, 0.3) is 0 Å². The zero-order chi connectivity index (χ0) is 13.6. The molecule has 0 spiro atoms. The van der Waals surface area contributed by atoms with Gasteiger partial charge in [-0.25, -0.2) is 8.42 Å². The minimum atomic E-state index is -2.88. The Morgan fingerprint density at radius 1 is 1.44 bits per heavy atom. The van der Waals surface area contributed by atoms with Crippen molar-refractivity contribution in [3.8, 4) is 0 Å². The van der Waals surface area contributed by atoms with Crippen LogP contribution in [0.4, 0.5) is 0 Å². The summed E-state index contributed by atoms with van der Waals surface area (Å²) >= 11 is 0. The second kappa shape index (κ2) is 6.84. The molecule has 18 heavy (non-hydrogen) atoms. The summed E-state index contributed by atoms with van der Waals surface area (Å²) in [5, 5.41) is 3.23. The number of hydrogen-bond donors (Lipinski definition) is 1. The third kappa shape index (κ3) is 5.65. The highest BCUT2D eigenvalue weighted by Gasteiger charge is 2.33. The van der Waals surface area contributed by atoms with Gasteiger partial charge >= 0.3 is 0 Å². The third-order valence-electron chi connectivity index (χ3n) is 3.40. The van der Waals surface area contributed by atoms with Gasteiger partial charge in [0.25, 0.3) is 0 Å². The molecule has 0 saturated carbocycles. The van der Waals surface area contributed by atoms with Gasteiger partial charge in [-0.1, -0.05) is 0 Å². The lowest BCUT2D eigenvalue weighted by atomic mass is 9.82. The average Bonchev–Trinajstić information content (AvgIpc) is 2.27. The zero-order valence-corrected chi connectivity index (χ0v) is 12.6. The van der Waals surface area contributed by atoms with Gasteiger partial charge in [0, 0.05) is 37.9 Å². The molecular weight excluding hydrogens is 252 g/mol. The first kappa shape index (κ1) is 15.9. The van der Waals surface area contributed by atoms with Crippen LogP contribution < -0.4 is 5.32 Å². The van der Waals surface area contributed by atoms with E-state index in [4.69, 9.17) is 4.74 Å². The maximum absolute atomic E-state index is 11.2. The van der Waals surface area contributed by atoms with Gasteiger partial charge in [-0.3, -0.25) is 0 Å². The Hall–Kier alpha value is -0.170. The van der Waals surface area contributed by atoms with Crippen molar-refractivity contribution in [3.63, 3.8) is 0 Å². The predicted octanol–water partition coefficient (Wildman–Crippen LogP) is -0.0210. The topological polar surface area (TPSA) is 58.6 Å². The second-order valence-electron chi connectivity index (χ2n) is 5.55. The number of nitrogens with zero attached hydrogens (tertiary/aromatic N) is 1. The Morgan fingerprint density at radius 2 is 2.17 bits per heavy atom. The number of nitrogens with one attached hydrogen (secondary N) is 1. The number of ether oxygens (including phenoxy) is 1. The van der Waals surface area contributed by atoms with Crippen molar-refractivity contribution in [2.75, 3.05) is 59.0 Å². The quantitative estimate of drug-likeness (QED) is 0.709. The van der Waals surface area contributed by atoms with Gasteiger partial charge in [0.15, 0.2) is 0 Å². The first-order chi connectivity index (χ1) is 8.37. The summed E-state index contributed by atoms with van der Waals surface area (Å²) in [6.45, 7) is 3.99. The van der Waals surface area contributed by atoms with E-state index in [2.05, 4.69) is 10.2 Å². The van der Waals surface area contributed by atoms with Crippen molar-refractivity contribution >= 4 is 9.84 Å². The van der Waals surface area contributed by atoms with Crippen LogP contribution in [-0.4, -0.2) is 72.3 Å². The van der Waals surface area contributed by atoms with Gasteiger partial charge in [0.1, 0.15) is 9.84 Å². The molecule has 1 fully saturated rings. The van der Waals surface area contributed by atoms with Crippen molar-refractivity contribution in [1.82, 2.24) is 10.2 Å².